The minimum Gasteiger partial charge on any atom is -0.327 e. The van der Waals surface area contributed by atoms with Gasteiger partial charge in [0.1, 0.15) is 0 Å². The summed E-state index contributed by atoms with van der Waals surface area (Å²) in [4.78, 5) is 10.1. The lowest BCUT2D eigenvalue weighted by Crippen LogP contribution is -1.93. The molecule has 0 radical (unpaired) electrons. The SMILES string of the molecule is CC(=O)/C=C\CN. The van der Waals surface area contributed by atoms with Crippen LogP contribution in [0.4, 0.5) is 0 Å². The van der Waals surface area contributed by atoms with Crippen molar-refractivity contribution >= 4 is 5.78 Å². The van der Waals surface area contributed by atoms with Crippen molar-refractivity contribution in [3.8, 4) is 0 Å². The maximum Gasteiger partial charge on any atom is 0.152 e. The number of allylic oxidation sites excluding steroid dienone is 1. The number of nitrogens with two attached hydrogens (primary N) is 1. The topological polar surface area (TPSA) is 43.1 Å². The molecule has 40 valence electrons. The zero-order chi connectivity index (χ0) is 5.70. The van der Waals surface area contributed by atoms with E-state index in [-0.39, 0.29) is 5.78 Å². The van der Waals surface area contributed by atoms with Gasteiger partial charge >= 0.3 is 0 Å². The van der Waals surface area contributed by atoms with Crippen molar-refractivity contribution in [3.63, 3.8) is 0 Å². The van der Waals surface area contributed by atoms with E-state index in [4.69, 9.17) is 5.73 Å². The number of carbonyl (C=O) groups is 1. The van der Waals surface area contributed by atoms with Crippen LogP contribution in [0.5, 0.6) is 0 Å². The molecule has 7 heavy (non-hydrogen) atoms. The van der Waals surface area contributed by atoms with Crippen LogP contribution >= 0.6 is 0 Å². The van der Waals surface area contributed by atoms with Crippen LogP contribution in [0.25, 0.3) is 0 Å². The fraction of sp³-hybridized carbons (Fsp3) is 0.400. The van der Waals surface area contributed by atoms with Gasteiger partial charge in [-0.25, -0.2) is 0 Å². The van der Waals surface area contributed by atoms with Gasteiger partial charge < -0.3 is 5.73 Å². The van der Waals surface area contributed by atoms with Gasteiger partial charge in [0.2, 0.25) is 0 Å². The number of hydrogen-bond donors (Lipinski definition) is 1. The largest absolute Gasteiger partial charge is 0.327 e. The Balaban J connectivity index is 3.26. The minimum absolute atomic E-state index is 0.0467. The van der Waals surface area contributed by atoms with Gasteiger partial charge in [-0.2, -0.15) is 0 Å². The second kappa shape index (κ2) is 3.56. The van der Waals surface area contributed by atoms with E-state index in [2.05, 4.69) is 0 Å². The second-order valence-electron chi connectivity index (χ2n) is 1.25. The monoisotopic (exact) mass is 99.1 g/mol. The van der Waals surface area contributed by atoms with Crippen LogP contribution in [-0.2, 0) is 4.79 Å². The number of ketones is 1. The van der Waals surface area contributed by atoms with E-state index in [1.807, 2.05) is 0 Å². The Labute approximate surface area is 43.0 Å². The van der Waals surface area contributed by atoms with Crippen LogP contribution in [0, 0.1) is 0 Å². The Morgan fingerprint density at radius 1 is 1.86 bits per heavy atom. The van der Waals surface area contributed by atoms with Crippen molar-refractivity contribution in [3.05, 3.63) is 12.2 Å². The van der Waals surface area contributed by atoms with Gasteiger partial charge in [0.25, 0.3) is 0 Å². The smallest absolute Gasteiger partial charge is 0.152 e. The van der Waals surface area contributed by atoms with Crippen LogP contribution < -0.4 is 5.73 Å². The van der Waals surface area contributed by atoms with E-state index < -0.39 is 0 Å². The summed E-state index contributed by atoms with van der Waals surface area (Å²) in [7, 11) is 0. The van der Waals surface area contributed by atoms with Crippen LogP contribution in [0.1, 0.15) is 6.92 Å². The summed E-state index contributed by atoms with van der Waals surface area (Å²) in [6.07, 6.45) is 3.09. The highest BCUT2D eigenvalue weighted by Gasteiger charge is 1.75. The van der Waals surface area contributed by atoms with Crippen molar-refractivity contribution in [1.82, 2.24) is 0 Å². The third-order valence-corrected chi connectivity index (χ3v) is 0.489. The lowest BCUT2D eigenvalue weighted by atomic mass is 10.4. The molecule has 0 aliphatic carbocycles. The molecular weight excluding hydrogens is 90.1 g/mol. The molecular formula is C5H9NO. The summed E-state index contributed by atoms with van der Waals surface area (Å²) >= 11 is 0. The van der Waals surface area contributed by atoms with Crippen molar-refractivity contribution in [2.75, 3.05) is 6.54 Å². The minimum atomic E-state index is 0.0467. The average Bonchev–Trinajstić information content (AvgIpc) is 1.61. The van der Waals surface area contributed by atoms with Crippen molar-refractivity contribution in [2.45, 2.75) is 6.92 Å². The molecule has 2 heteroatoms. The summed E-state index contributed by atoms with van der Waals surface area (Å²) in [6, 6.07) is 0. The van der Waals surface area contributed by atoms with Crippen molar-refractivity contribution < 1.29 is 4.79 Å². The molecule has 0 aromatic heterocycles. The Hall–Kier alpha value is -0.630. The van der Waals surface area contributed by atoms with E-state index in [1.54, 1.807) is 6.08 Å². The van der Waals surface area contributed by atoms with Gasteiger partial charge in [0.05, 0.1) is 0 Å². The van der Waals surface area contributed by atoms with E-state index in [0.29, 0.717) is 6.54 Å². The van der Waals surface area contributed by atoms with Gasteiger partial charge in [0, 0.05) is 6.54 Å². The molecule has 0 unspecified atom stereocenters. The van der Waals surface area contributed by atoms with Crippen molar-refractivity contribution in [2.24, 2.45) is 5.73 Å². The van der Waals surface area contributed by atoms with E-state index in [1.165, 1.54) is 13.0 Å². The summed E-state index contributed by atoms with van der Waals surface area (Å²) in [5.74, 6) is 0.0467. The second-order valence-corrected chi connectivity index (χ2v) is 1.25. The van der Waals surface area contributed by atoms with Crippen LogP contribution in [0.2, 0.25) is 0 Å². The van der Waals surface area contributed by atoms with Crippen LogP contribution in [-0.4, -0.2) is 12.3 Å². The Morgan fingerprint density at radius 3 is 2.57 bits per heavy atom. The molecule has 0 amide bonds. The molecule has 0 saturated heterocycles. The molecule has 0 saturated carbocycles. The Kier molecular flexibility index (Phi) is 3.24. The highest BCUT2D eigenvalue weighted by Crippen LogP contribution is 1.69. The maximum atomic E-state index is 10.1. The highest BCUT2D eigenvalue weighted by molar-refractivity contribution is 5.87. The predicted molar refractivity (Wildman–Crippen MR) is 28.9 cm³/mol. The molecule has 0 aliphatic heterocycles. The molecule has 0 bridgehead atoms. The van der Waals surface area contributed by atoms with E-state index in [9.17, 15) is 4.79 Å². The van der Waals surface area contributed by atoms with Gasteiger partial charge in [-0.1, -0.05) is 6.08 Å². The summed E-state index contributed by atoms with van der Waals surface area (Å²) in [6.45, 7) is 1.94. The number of hydrogen-bond acceptors (Lipinski definition) is 2. The molecule has 0 heterocycles. The zero-order valence-corrected chi connectivity index (χ0v) is 4.35. The molecule has 0 aliphatic rings. The quantitative estimate of drug-likeness (QED) is 0.498. The predicted octanol–water partition coefficient (Wildman–Crippen LogP) is 0.0903. The molecule has 2 N–H and O–H groups in total. The Bertz CT molecular complexity index is 86.1. The summed E-state index contributed by atoms with van der Waals surface area (Å²) < 4.78 is 0. The summed E-state index contributed by atoms with van der Waals surface area (Å²) in [5.41, 5.74) is 5.04. The van der Waals surface area contributed by atoms with Gasteiger partial charge in [0.15, 0.2) is 5.78 Å². The molecule has 0 spiro atoms. The first-order valence-corrected chi connectivity index (χ1v) is 2.14. The molecule has 0 fully saturated rings. The number of rotatable bonds is 2. The maximum absolute atomic E-state index is 10.1. The van der Waals surface area contributed by atoms with Crippen LogP contribution in [0.3, 0.4) is 0 Å². The first kappa shape index (κ1) is 6.37. The molecule has 0 atom stereocenters. The third-order valence-electron chi connectivity index (χ3n) is 0.489. The number of carbonyl (C=O) groups excluding carboxylic acids is 1. The normalized spacial score (nSPS) is 10.0. The molecule has 2 nitrogen and oxygen atoms in total. The fourth-order valence-corrected chi connectivity index (χ4v) is 0.234. The van der Waals surface area contributed by atoms with Crippen molar-refractivity contribution in [1.29, 1.82) is 0 Å². The fourth-order valence-electron chi connectivity index (χ4n) is 0.234. The van der Waals surface area contributed by atoms with Gasteiger partial charge in [-0.15, -0.1) is 0 Å². The average molecular weight is 99.1 g/mol. The zero-order valence-electron chi connectivity index (χ0n) is 4.35. The van der Waals surface area contributed by atoms with Gasteiger partial charge in [-0.3, -0.25) is 4.79 Å². The molecule has 0 aromatic carbocycles. The lowest BCUT2D eigenvalue weighted by Gasteiger charge is -1.74. The lowest BCUT2D eigenvalue weighted by molar-refractivity contribution is -0.112. The summed E-state index contributed by atoms with van der Waals surface area (Å²) in [5, 5.41) is 0. The first-order valence-electron chi connectivity index (χ1n) is 2.14. The van der Waals surface area contributed by atoms with E-state index in [0.717, 1.165) is 0 Å². The standard InChI is InChI=1S/C5H9NO/c1-5(7)3-2-4-6/h2-3H,4,6H2,1H3/b3-2-. The Morgan fingerprint density at radius 2 is 2.43 bits per heavy atom. The molecule has 0 rings (SSSR count). The molecule has 0 aromatic rings. The first-order chi connectivity index (χ1) is 3.27. The van der Waals surface area contributed by atoms with Gasteiger partial charge in [-0.05, 0) is 13.0 Å². The van der Waals surface area contributed by atoms with E-state index >= 15 is 0 Å². The highest BCUT2D eigenvalue weighted by atomic mass is 16.1. The van der Waals surface area contributed by atoms with Crippen LogP contribution in [0.15, 0.2) is 12.2 Å². The third kappa shape index (κ3) is 5.37.